The van der Waals surface area contributed by atoms with Crippen molar-refractivity contribution in [3.05, 3.63) is 75.8 Å². The van der Waals surface area contributed by atoms with E-state index in [-0.39, 0.29) is 17.2 Å². The second kappa shape index (κ2) is 10.9. The van der Waals surface area contributed by atoms with Crippen molar-refractivity contribution < 1.29 is 19.0 Å². The quantitative estimate of drug-likeness (QED) is 0.470. The molecule has 1 aliphatic rings. The van der Waals surface area contributed by atoms with Gasteiger partial charge in [-0.3, -0.25) is 4.79 Å². The van der Waals surface area contributed by atoms with E-state index in [0.29, 0.717) is 41.8 Å². The van der Waals surface area contributed by atoms with E-state index in [9.17, 15) is 14.0 Å². The van der Waals surface area contributed by atoms with Gasteiger partial charge in [-0.2, -0.15) is 5.10 Å². The number of hydrogen-bond acceptors (Lipinski definition) is 4. The topological polar surface area (TPSA) is 81.4 Å². The van der Waals surface area contributed by atoms with Crippen molar-refractivity contribution in [2.45, 2.75) is 32.2 Å². The van der Waals surface area contributed by atoms with Crippen LogP contribution >= 0.6 is 11.6 Å². The summed E-state index contributed by atoms with van der Waals surface area (Å²) in [7, 11) is 0. The van der Waals surface area contributed by atoms with Gasteiger partial charge < -0.3 is 9.84 Å². The first kappa shape index (κ1) is 24.1. The summed E-state index contributed by atoms with van der Waals surface area (Å²) in [4.78, 5) is 23.6. The van der Waals surface area contributed by atoms with Gasteiger partial charge in [0.05, 0.1) is 17.3 Å². The normalized spacial score (nSPS) is 18.1. The lowest BCUT2D eigenvalue weighted by Crippen LogP contribution is -2.29. The smallest absolute Gasteiger partial charge is 0.329 e. The predicted octanol–water partition coefficient (Wildman–Crippen LogP) is 5.28. The molecule has 0 amide bonds. The van der Waals surface area contributed by atoms with E-state index in [1.807, 2.05) is 30.3 Å². The molecule has 4 rings (SSSR count). The minimum absolute atomic E-state index is 0.00946. The molecule has 0 saturated heterocycles. The average Bonchev–Trinajstić information content (AvgIpc) is 2.83. The fraction of sp³-hybridized carbons (Fsp3) is 0.346. The van der Waals surface area contributed by atoms with Crippen LogP contribution in [0.2, 0.25) is 5.02 Å². The molecule has 0 unspecified atom stereocenters. The standard InChI is InChI=1S/C26H26ClFN2O4/c27-22-12-20(10-11-23(22)28)21-13-24(31)30(29-26(21)19-4-2-1-3-5-19)14-17-6-8-18(9-7-17)15-34-16-25(32)33/h1-5,10-13,17-18H,6-9,14-16H2,(H,32,33)/t17-,18+. The Morgan fingerprint density at radius 3 is 2.44 bits per heavy atom. The highest BCUT2D eigenvalue weighted by atomic mass is 35.5. The fourth-order valence-electron chi connectivity index (χ4n) is 4.45. The van der Waals surface area contributed by atoms with E-state index in [4.69, 9.17) is 26.5 Å². The summed E-state index contributed by atoms with van der Waals surface area (Å²) in [6.07, 6.45) is 3.70. The van der Waals surface area contributed by atoms with Gasteiger partial charge >= 0.3 is 5.97 Å². The number of carbonyl (C=O) groups is 1. The molecule has 8 heteroatoms. The molecule has 2 aromatic carbocycles. The van der Waals surface area contributed by atoms with Gasteiger partial charge in [0.25, 0.3) is 5.56 Å². The molecule has 6 nitrogen and oxygen atoms in total. The minimum Gasteiger partial charge on any atom is -0.480 e. The summed E-state index contributed by atoms with van der Waals surface area (Å²) in [5, 5.41) is 13.4. The number of ether oxygens (including phenoxy) is 1. The Labute approximate surface area is 202 Å². The number of aromatic nitrogens is 2. The van der Waals surface area contributed by atoms with Crippen LogP contribution in [0.5, 0.6) is 0 Å². The summed E-state index contributed by atoms with van der Waals surface area (Å²) in [5.74, 6) is -0.835. The molecular weight excluding hydrogens is 459 g/mol. The molecule has 1 fully saturated rings. The van der Waals surface area contributed by atoms with E-state index < -0.39 is 11.8 Å². The van der Waals surface area contributed by atoms with Gasteiger partial charge in [-0.15, -0.1) is 0 Å². The van der Waals surface area contributed by atoms with Crippen LogP contribution in [0.1, 0.15) is 25.7 Å². The summed E-state index contributed by atoms with van der Waals surface area (Å²) in [5.41, 5.74) is 2.50. The third-order valence-electron chi connectivity index (χ3n) is 6.25. The zero-order chi connectivity index (χ0) is 24.1. The summed E-state index contributed by atoms with van der Waals surface area (Å²) in [6.45, 7) is 0.684. The van der Waals surface area contributed by atoms with Crippen LogP contribution in [-0.2, 0) is 16.1 Å². The molecule has 0 aliphatic heterocycles. The second-order valence-corrected chi connectivity index (χ2v) is 9.12. The van der Waals surface area contributed by atoms with Gasteiger partial charge in [-0.25, -0.2) is 13.9 Å². The van der Waals surface area contributed by atoms with Crippen molar-refractivity contribution in [2.24, 2.45) is 11.8 Å². The summed E-state index contributed by atoms with van der Waals surface area (Å²) >= 11 is 6.00. The maximum absolute atomic E-state index is 13.7. The third kappa shape index (κ3) is 5.90. The maximum Gasteiger partial charge on any atom is 0.329 e. The molecule has 0 radical (unpaired) electrons. The van der Waals surface area contributed by atoms with E-state index >= 15 is 0 Å². The van der Waals surface area contributed by atoms with E-state index in [1.165, 1.54) is 16.8 Å². The van der Waals surface area contributed by atoms with Gasteiger partial charge in [0.2, 0.25) is 0 Å². The number of aliphatic carboxylic acids is 1. The summed E-state index contributed by atoms with van der Waals surface area (Å²) < 4.78 is 20.5. The monoisotopic (exact) mass is 484 g/mol. The molecule has 1 N–H and O–H groups in total. The lowest BCUT2D eigenvalue weighted by atomic mass is 9.82. The highest BCUT2D eigenvalue weighted by Gasteiger charge is 2.23. The number of hydrogen-bond donors (Lipinski definition) is 1. The van der Waals surface area contributed by atoms with Gasteiger partial charge in [0, 0.05) is 23.7 Å². The molecule has 0 bridgehead atoms. The highest BCUT2D eigenvalue weighted by Crippen LogP contribution is 2.33. The Kier molecular flexibility index (Phi) is 7.75. The average molecular weight is 485 g/mol. The second-order valence-electron chi connectivity index (χ2n) is 8.72. The first-order chi connectivity index (χ1) is 16.4. The molecular formula is C26H26ClFN2O4. The third-order valence-corrected chi connectivity index (χ3v) is 6.54. The molecule has 0 spiro atoms. The maximum atomic E-state index is 13.7. The van der Waals surface area contributed by atoms with E-state index in [2.05, 4.69) is 0 Å². The first-order valence-corrected chi connectivity index (χ1v) is 11.7. The van der Waals surface area contributed by atoms with Crippen molar-refractivity contribution in [2.75, 3.05) is 13.2 Å². The van der Waals surface area contributed by atoms with E-state index in [1.54, 1.807) is 12.1 Å². The van der Waals surface area contributed by atoms with Crippen LogP contribution in [0.4, 0.5) is 4.39 Å². The van der Waals surface area contributed by atoms with Crippen LogP contribution < -0.4 is 5.56 Å². The molecule has 34 heavy (non-hydrogen) atoms. The lowest BCUT2D eigenvalue weighted by Gasteiger charge is -2.28. The zero-order valence-electron chi connectivity index (χ0n) is 18.6. The van der Waals surface area contributed by atoms with Gasteiger partial charge in [-0.05, 0) is 55.2 Å². The number of rotatable bonds is 8. The number of carboxylic acids is 1. The fourth-order valence-corrected chi connectivity index (χ4v) is 4.63. The molecule has 0 atom stereocenters. The van der Waals surface area contributed by atoms with Crippen molar-refractivity contribution >= 4 is 17.6 Å². The van der Waals surface area contributed by atoms with Crippen LogP contribution in [0.15, 0.2) is 59.4 Å². The number of halogens is 2. The molecule has 1 saturated carbocycles. The van der Waals surface area contributed by atoms with Crippen LogP contribution in [0.25, 0.3) is 22.4 Å². The number of nitrogens with zero attached hydrogens (tertiary/aromatic N) is 2. The van der Waals surface area contributed by atoms with Crippen LogP contribution in [0.3, 0.4) is 0 Å². The van der Waals surface area contributed by atoms with Gasteiger partial charge in [0.15, 0.2) is 0 Å². The largest absolute Gasteiger partial charge is 0.480 e. The Morgan fingerprint density at radius 2 is 1.76 bits per heavy atom. The van der Waals surface area contributed by atoms with Crippen molar-refractivity contribution in [3.8, 4) is 22.4 Å². The Morgan fingerprint density at radius 1 is 1.06 bits per heavy atom. The van der Waals surface area contributed by atoms with Crippen LogP contribution in [0, 0.1) is 17.7 Å². The number of benzene rings is 2. The van der Waals surface area contributed by atoms with Crippen molar-refractivity contribution in [1.82, 2.24) is 9.78 Å². The molecule has 178 valence electrons. The van der Waals surface area contributed by atoms with Gasteiger partial charge in [-0.1, -0.05) is 48.0 Å². The Hall–Kier alpha value is -3.03. The first-order valence-electron chi connectivity index (χ1n) is 11.3. The zero-order valence-corrected chi connectivity index (χ0v) is 19.4. The van der Waals surface area contributed by atoms with Crippen LogP contribution in [-0.4, -0.2) is 34.1 Å². The number of carboxylic acid groups (broad SMARTS) is 1. The molecule has 1 aromatic heterocycles. The lowest BCUT2D eigenvalue weighted by molar-refractivity contribution is -0.142. The SMILES string of the molecule is O=C(O)COC[C@H]1CC[C@@H](Cn2nc(-c3ccccc3)c(-c3ccc(F)c(Cl)c3)cc2=O)CC1. The Balaban J connectivity index is 1.56. The Bertz CT molecular complexity index is 1210. The predicted molar refractivity (Wildman–Crippen MR) is 128 cm³/mol. The molecule has 1 aliphatic carbocycles. The molecule has 3 aromatic rings. The minimum atomic E-state index is -0.959. The van der Waals surface area contributed by atoms with Crippen molar-refractivity contribution in [1.29, 1.82) is 0 Å². The van der Waals surface area contributed by atoms with Gasteiger partial charge in [0.1, 0.15) is 12.4 Å². The van der Waals surface area contributed by atoms with E-state index in [0.717, 1.165) is 31.2 Å². The highest BCUT2D eigenvalue weighted by molar-refractivity contribution is 6.31. The summed E-state index contributed by atoms with van der Waals surface area (Å²) in [6, 6.07) is 15.5. The molecule has 1 heterocycles. The van der Waals surface area contributed by atoms with Crippen molar-refractivity contribution in [3.63, 3.8) is 0 Å².